The molecular formula is C20H13ClFN3O2S2. The summed E-state index contributed by atoms with van der Waals surface area (Å²) in [5, 5.41) is 5.96. The molecule has 0 aliphatic carbocycles. The van der Waals surface area contributed by atoms with Gasteiger partial charge in [0.15, 0.2) is 0 Å². The van der Waals surface area contributed by atoms with E-state index in [1.807, 2.05) is 12.1 Å². The van der Waals surface area contributed by atoms with Crippen molar-refractivity contribution in [2.24, 2.45) is 5.10 Å². The lowest BCUT2D eigenvalue weighted by atomic mass is 10.2. The van der Waals surface area contributed by atoms with E-state index in [9.17, 15) is 9.18 Å². The van der Waals surface area contributed by atoms with Crippen LogP contribution in [-0.4, -0.2) is 24.2 Å². The molecular weight excluding hydrogens is 433 g/mol. The topological polar surface area (TPSA) is 54.8 Å². The van der Waals surface area contributed by atoms with Gasteiger partial charge in [-0.1, -0.05) is 35.1 Å². The second-order valence-corrected chi connectivity index (χ2v) is 8.57. The minimum absolute atomic E-state index is 0.344. The molecule has 5 nitrogen and oxygen atoms in total. The molecule has 4 aromatic rings. The number of anilines is 1. The van der Waals surface area contributed by atoms with E-state index in [-0.39, 0.29) is 11.7 Å². The number of methoxy groups -OCH3 is 1. The molecule has 0 unspecified atom stereocenters. The summed E-state index contributed by atoms with van der Waals surface area (Å²) in [6.45, 7) is 0. The zero-order valence-corrected chi connectivity index (χ0v) is 17.4. The second kappa shape index (κ2) is 8.28. The Bertz CT molecular complexity index is 1200. The van der Waals surface area contributed by atoms with Crippen molar-refractivity contribution in [2.45, 2.75) is 0 Å². The van der Waals surface area contributed by atoms with E-state index in [1.165, 1.54) is 34.7 Å². The first kappa shape index (κ1) is 19.5. The second-order valence-electron chi connectivity index (χ2n) is 5.85. The Morgan fingerprint density at radius 3 is 2.66 bits per heavy atom. The molecule has 0 spiro atoms. The lowest BCUT2D eigenvalue weighted by molar-refractivity contribution is 0.0991. The normalized spacial score (nSPS) is 11.3. The number of nitrogens with zero attached hydrogens (tertiary/aromatic N) is 3. The third kappa shape index (κ3) is 4.29. The number of amides is 1. The number of hydrazone groups is 1. The number of carbonyl (C=O) groups excluding carboxylic acids is 1. The molecule has 0 saturated carbocycles. The van der Waals surface area contributed by atoms with Gasteiger partial charge in [-0.3, -0.25) is 4.79 Å². The van der Waals surface area contributed by atoms with Gasteiger partial charge in [0.2, 0.25) is 5.13 Å². The molecule has 0 radical (unpaired) electrons. The molecule has 2 aromatic heterocycles. The van der Waals surface area contributed by atoms with Crippen molar-refractivity contribution in [2.75, 3.05) is 12.1 Å². The van der Waals surface area contributed by atoms with E-state index in [2.05, 4.69) is 10.1 Å². The van der Waals surface area contributed by atoms with Crippen LogP contribution < -0.4 is 9.75 Å². The Balaban J connectivity index is 1.74. The fourth-order valence-corrected chi connectivity index (χ4v) is 4.42. The number of rotatable bonds is 5. The third-order valence-corrected chi connectivity index (χ3v) is 6.15. The van der Waals surface area contributed by atoms with Gasteiger partial charge in [0.1, 0.15) is 11.6 Å². The Labute approximate surface area is 178 Å². The van der Waals surface area contributed by atoms with Crippen molar-refractivity contribution in [1.29, 1.82) is 0 Å². The number of ether oxygens (including phenoxy) is 1. The van der Waals surface area contributed by atoms with Crippen LogP contribution in [0.5, 0.6) is 5.75 Å². The van der Waals surface area contributed by atoms with Gasteiger partial charge in [0.05, 0.1) is 32.8 Å². The molecule has 2 aromatic carbocycles. The van der Waals surface area contributed by atoms with E-state index in [4.69, 9.17) is 16.3 Å². The number of aromatic nitrogens is 1. The first-order chi connectivity index (χ1) is 14.0. The molecule has 0 bridgehead atoms. The molecule has 146 valence electrons. The Hall–Kier alpha value is -2.81. The zero-order chi connectivity index (χ0) is 20.4. The molecule has 29 heavy (non-hydrogen) atoms. The van der Waals surface area contributed by atoms with E-state index >= 15 is 0 Å². The number of thiazole rings is 1. The van der Waals surface area contributed by atoms with Crippen LogP contribution in [0.4, 0.5) is 9.52 Å². The molecule has 0 aliphatic rings. The zero-order valence-electron chi connectivity index (χ0n) is 15.0. The SMILES string of the molecule is COc1ccc2nc(N(/N=C/c3ccc(F)cc3)C(=O)c3ccc(Cl)s3)sc2c1. The number of carbonyl (C=O) groups is 1. The predicted octanol–water partition coefficient (Wildman–Crippen LogP) is 5.84. The van der Waals surface area contributed by atoms with E-state index in [1.54, 1.807) is 37.4 Å². The maximum absolute atomic E-state index is 13.1. The summed E-state index contributed by atoms with van der Waals surface area (Å²) in [6.07, 6.45) is 1.49. The number of fused-ring (bicyclic) bond motifs is 1. The van der Waals surface area contributed by atoms with Crippen LogP contribution in [0.1, 0.15) is 15.2 Å². The molecule has 0 atom stereocenters. The number of hydrogen-bond acceptors (Lipinski definition) is 6. The van der Waals surface area contributed by atoms with Crippen LogP contribution in [0.25, 0.3) is 10.2 Å². The maximum atomic E-state index is 13.1. The van der Waals surface area contributed by atoms with Crippen LogP contribution >= 0.6 is 34.3 Å². The molecule has 0 fully saturated rings. The number of halogens is 2. The molecule has 4 rings (SSSR count). The van der Waals surface area contributed by atoms with Crippen molar-refractivity contribution in [3.8, 4) is 5.75 Å². The summed E-state index contributed by atoms with van der Waals surface area (Å²) < 4.78 is 19.8. The van der Waals surface area contributed by atoms with Gasteiger partial charge in [0, 0.05) is 0 Å². The number of benzene rings is 2. The van der Waals surface area contributed by atoms with Crippen molar-refractivity contribution < 1.29 is 13.9 Å². The molecule has 0 N–H and O–H groups in total. The quantitative estimate of drug-likeness (QED) is 0.286. The minimum atomic E-state index is -0.355. The maximum Gasteiger partial charge on any atom is 0.290 e. The summed E-state index contributed by atoms with van der Waals surface area (Å²) in [4.78, 5) is 18.0. The van der Waals surface area contributed by atoms with E-state index in [0.717, 1.165) is 21.6 Å². The van der Waals surface area contributed by atoms with Gasteiger partial charge in [-0.2, -0.15) is 10.1 Å². The molecule has 9 heteroatoms. The molecule has 1 amide bonds. The standard InChI is InChI=1S/C20H13ClFN3O2S2/c1-27-14-6-7-15-17(10-14)29-20(24-15)25(19(26)16-8-9-18(21)28-16)23-11-12-2-4-13(22)5-3-12/h2-11H,1H3/b23-11+. The highest BCUT2D eigenvalue weighted by atomic mass is 35.5. The van der Waals surface area contributed by atoms with Gasteiger partial charge in [0.25, 0.3) is 5.91 Å². The van der Waals surface area contributed by atoms with Gasteiger partial charge in [-0.25, -0.2) is 9.37 Å². The van der Waals surface area contributed by atoms with E-state index in [0.29, 0.717) is 25.7 Å². The van der Waals surface area contributed by atoms with Gasteiger partial charge in [-0.15, -0.1) is 11.3 Å². The van der Waals surface area contributed by atoms with Crippen molar-refractivity contribution in [3.63, 3.8) is 0 Å². The van der Waals surface area contributed by atoms with Crippen LogP contribution in [0.3, 0.4) is 0 Å². The molecule has 2 heterocycles. The lowest BCUT2D eigenvalue weighted by Crippen LogP contribution is -2.24. The summed E-state index contributed by atoms with van der Waals surface area (Å²) in [5.74, 6) is 0.000131. The highest BCUT2D eigenvalue weighted by Crippen LogP contribution is 2.33. The minimum Gasteiger partial charge on any atom is -0.497 e. The van der Waals surface area contributed by atoms with Crippen molar-refractivity contribution in [1.82, 2.24) is 4.98 Å². The number of hydrogen-bond donors (Lipinski definition) is 0. The number of thiophene rings is 1. The van der Waals surface area contributed by atoms with Crippen LogP contribution in [0.15, 0.2) is 59.7 Å². The van der Waals surface area contributed by atoms with Crippen LogP contribution in [-0.2, 0) is 0 Å². The van der Waals surface area contributed by atoms with Crippen molar-refractivity contribution >= 4 is 61.7 Å². The predicted molar refractivity (Wildman–Crippen MR) is 116 cm³/mol. The van der Waals surface area contributed by atoms with Gasteiger partial charge in [-0.05, 0) is 48.0 Å². The van der Waals surface area contributed by atoms with Crippen LogP contribution in [0, 0.1) is 5.82 Å². The van der Waals surface area contributed by atoms with Gasteiger partial charge < -0.3 is 4.74 Å². The first-order valence-corrected chi connectivity index (χ1v) is 10.4. The Morgan fingerprint density at radius 1 is 1.17 bits per heavy atom. The molecule has 0 aliphatic heterocycles. The van der Waals surface area contributed by atoms with Crippen LogP contribution in [0.2, 0.25) is 4.34 Å². The average molecular weight is 446 g/mol. The summed E-state index contributed by atoms with van der Waals surface area (Å²) in [6, 6.07) is 14.6. The van der Waals surface area contributed by atoms with Crippen molar-refractivity contribution in [3.05, 3.63) is 75.2 Å². The fraction of sp³-hybridized carbons (Fsp3) is 0.0500. The smallest absolute Gasteiger partial charge is 0.290 e. The average Bonchev–Trinajstić information content (AvgIpc) is 3.34. The Kier molecular flexibility index (Phi) is 5.57. The summed E-state index contributed by atoms with van der Waals surface area (Å²) in [5.41, 5.74) is 1.38. The largest absolute Gasteiger partial charge is 0.497 e. The highest BCUT2D eigenvalue weighted by molar-refractivity contribution is 7.22. The van der Waals surface area contributed by atoms with E-state index < -0.39 is 0 Å². The highest BCUT2D eigenvalue weighted by Gasteiger charge is 2.22. The monoisotopic (exact) mass is 445 g/mol. The summed E-state index contributed by atoms with van der Waals surface area (Å²) in [7, 11) is 1.59. The van der Waals surface area contributed by atoms with Gasteiger partial charge >= 0.3 is 0 Å². The fourth-order valence-electron chi connectivity index (χ4n) is 2.51. The molecule has 0 saturated heterocycles. The third-order valence-electron chi connectivity index (χ3n) is 3.93. The summed E-state index contributed by atoms with van der Waals surface area (Å²) >= 11 is 8.46. The lowest BCUT2D eigenvalue weighted by Gasteiger charge is -2.12. The first-order valence-electron chi connectivity index (χ1n) is 8.37. The Morgan fingerprint density at radius 2 is 1.97 bits per heavy atom.